The zero-order valence-electron chi connectivity index (χ0n) is 12.5. The van der Waals surface area contributed by atoms with Gasteiger partial charge < -0.3 is 9.69 Å². The van der Waals surface area contributed by atoms with Crippen molar-refractivity contribution >= 4 is 20.3 Å². The van der Waals surface area contributed by atoms with Gasteiger partial charge in [-0.15, -0.1) is 5.54 Å². The van der Waals surface area contributed by atoms with Gasteiger partial charge in [0, 0.05) is 30.8 Å². The van der Waals surface area contributed by atoms with Crippen molar-refractivity contribution in [1.29, 1.82) is 0 Å². The maximum atomic E-state index is 12.8. The van der Waals surface area contributed by atoms with E-state index < -0.39 is 13.5 Å². The van der Waals surface area contributed by atoms with Gasteiger partial charge in [0.2, 0.25) is 5.91 Å². The standard InChI is InChI=1S/C16H21NO2Si/c1-17-14-11(10-18)12-6-5-7-13(14)16(12,15(17)19)8-9-20(2,3)4/h5-6,10-14H,7H2,1-4H3/t11-,12-,13+,14+,16+/m1/s1. The van der Waals surface area contributed by atoms with E-state index in [-0.39, 0.29) is 29.7 Å². The van der Waals surface area contributed by atoms with Gasteiger partial charge in [-0.3, -0.25) is 4.79 Å². The minimum Gasteiger partial charge on any atom is -0.340 e. The highest BCUT2D eigenvalue weighted by Crippen LogP contribution is 2.61. The topological polar surface area (TPSA) is 37.4 Å². The molecule has 2 aliphatic carbocycles. The lowest BCUT2D eigenvalue weighted by molar-refractivity contribution is -0.140. The first-order valence-corrected chi connectivity index (χ1v) is 10.8. The lowest BCUT2D eigenvalue weighted by atomic mass is 9.68. The van der Waals surface area contributed by atoms with E-state index in [1.807, 2.05) is 7.05 Å². The van der Waals surface area contributed by atoms with Gasteiger partial charge in [-0.05, 0) is 6.42 Å². The molecule has 5 atom stereocenters. The molecule has 0 radical (unpaired) electrons. The summed E-state index contributed by atoms with van der Waals surface area (Å²) in [7, 11) is 0.284. The van der Waals surface area contributed by atoms with Crippen LogP contribution in [-0.4, -0.2) is 38.3 Å². The van der Waals surface area contributed by atoms with Crippen LogP contribution in [0.15, 0.2) is 12.2 Å². The zero-order chi connectivity index (χ0) is 14.7. The van der Waals surface area contributed by atoms with Crippen LogP contribution in [0.1, 0.15) is 6.42 Å². The van der Waals surface area contributed by atoms with Gasteiger partial charge in [0.25, 0.3) is 0 Å². The minimum atomic E-state index is -1.55. The van der Waals surface area contributed by atoms with E-state index >= 15 is 0 Å². The Morgan fingerprint density at radius 3 is 2.75 bits per heavy atom. The van der Waals surface area contributed by atoms with Crippen molar-refractivity contribution < 1.29 is 9.59 Å². The highest BCUT2D eigenvalue weighted by molar-refractivity contribution is 6.83. The van der Waals surface area contributed by atoms with E-state index in [9.17, 15) is 9.59 Å². The van der Waals surface area contributed by atoms with Crippen molar-refractivity contribution in [3.63, 3.8) is 0 Å². The molecular formula is C16H21NO2Si. The fourth-order valence-corrected chi connectivity index (χ4v) is 4.80. The Balaban J connectivity index is 2.16. The molecule has 3 aliphatic rings. The number of hydrogen-bond donors (Lipinski definition) is 0. The molecule has 0 aromatic carbocycles. The molecule has 1 heterocycles. The number of carbonyl (C=O) groups is 2. The highest BCUT2D eigenvalue weighted by atomic mass is 28.3. The van der Waals surface area contributed by atoms with E-state index in [4.69, 9.17) is 0 Å². The van der Waals surface area contributed by atoms with E-state index in [1.165, 1.54) is 0 Å². The predicted octanol–water partition coefficient (Wildman–Crippen LogP) is 1.72. The van der Waals surface area contributed by atoms with Gasteiger partial charge in [0.05, 0.1) is 0 Å². The number of nitrogens with zero attached hydrogens (tertiary/aromatic N) is 1. The molecule has 3 rings (SSSR count). The second-order valence-electron chi connectivity index (χ2n) is 7.29. The van der Waals surface area contributed by atoms with Gasteiger partial charge in [-0.25, -0.2) is 0 Å². The lowest BCUT2D eigenvalue weighted by Gasteiger charge is -2.36. The summed E-state index contributed by atoms with van der Waals surface area (Å²) in [5.41, 5.74) is 2.77. The predicted molar refractivity (Wildman–Crippen MR) is 80.4 cm³/mol. The second kappa shape index (κ2) is 4.08. The average Bonchev–Trinajstić information content (AvgIpc) is 2.66. The Bertz CT molecular complexity index is 565. The highest BCUT2D eigenvalue weighted by Gasteiger charge is 2.71. The summed E-state index contributed by atoms with van der Waals surface area (Å²) in [6, 6.07) is 0.0379. The van der Waals surface area contributed by atoms with Crippen LogP contribution in [0.25, 0.3) is 0 Å². The van der Waals surface area contributed by atoms with Gasteiger partial charge in [-0.2, -0.15) is 0 Å². The van der Waals surface area contributed by atoms with Crippen LogP contribution >= 0.6 is 0 Å². The number of hydrogen-bond acceptors (Lipinski definition) is 2. The van der Waals surface area contributed by atoms with Crippen LogP contribution in [0.5, 0.6) is 0 Å². The largest absolute Gasteiger partial charge is 0.340 e. The Labute approximate surface area is 121 Å². The number of aldehydes is 1. The van der Waals surface area contributed by atoms with E-state index in [0.29, 0.717) is 0 Å². The van der Waals surface area contributed by atoms with Crippen molar-refractivity contribution in [2.45, 2.75) is 32.1 Å². The van der Waals surface area contributed by atoms with Crippen LogP contribution in [0.2, 0.25) is 19.6 Å². The molecule has 1 saturated carbocycles. The van der Waals surface area contributed by atoms with Crippen molar-refractivity contribution in [3.05, 3.63) is 12.2 Å². The van der Waals surface area contributed by atoms with E-state index in [1.54, 1.807) is 4.90 Å². The molecule has 20 heavy (non-hydrogen) atoms. The Morgan fingerprint density at radius 1 is 1.45 bits per heavy atom. The number of piperidine rings is 1. The first-order chi connectivity index (χ1) is 9.33. The Morgan fingerprint density at radius 2 is 2.15 bits per heavy atom. The fraction of sp³-hybridized carbons (Fsp3) is 0.625. The molecule has 2 fully saturated rings. The maximum absolute atomic E-state index is 12.8. The molecular weight excluding hydrogens is 266 g/mol. The van der Waals surface area contributed by atoms with Crippen molar-refractivity contribution in [2.75, 3.05) is 7.05 Å². The molecule has 3 nitrogen and oxygen atoms in total. The molecule has 0 spiro atoms. The SMILES string of the molecule is CN1C(=O)[C@@]2(C#C[Si](C)(C)C)[C@@H]3C=CC[C@H]2[C@@H]1[C@@H]3C=O. The summed E-state index contributed by atoms with van der Waals surface area (Å²) in [5.74, 6) is 3.60. The molecule has 0 aromatic rings. The molecule has 1 saturated heterocycles. The summed E-state index contributed by atoms with van der Waals surface area (Å²) in [4.78, 5) is 26.1. The first-order valence-electron chi connectivity index (χ1n) is 7.26. The average molecular weight is 287 g/mol. The Kier molecular flexibility index (Phi) is 2.78. The number of likely N-dealkylation sites (tertiary alicyclic amines) is 1. The number of allylic oxidation sites excluding steroid dienone is 2. The van der Waals surface area contributed by atoms with E-state index in [0.717, 1.165) is 12.7 Å². The van der Waals surface area contributed by atoms with Gasteiger partial charge >= 0.3 is 0 Å². The number of amides is 1. The molecule has 0 unspecified atom stereocenters. The van der Waals surface area contributed by atoms with Crippen LogP contribution < -0.4 is 0 Å². The smallest absolute Gasteiger partial charge is 0.241 e. The molecule has 1 amide bonds. The molecule has 4 heteroatoms. The van der Waals surface area contributed by atoms with Gasteiger partial charge in [0.1, 0.15) is 19.8 Å². The third-order valence-electron chi connectivity index (χ3n) is 4.99. The quantitative estimate of drug-likeness (QED) is 0.319. The van der Waals surface area contributed by atoms with Crippen molar-refractivity contribution in [1.82, 2.24) is 4.90 Å². The lowest BCUT2D eigenvalue weighted by Crippen LogP contribution is -2.48. The first kappa shape index (κ1) is 13.6. The van der Waals surface area contributed by atoms with Crippen LogP contribution in [0.3, 0.4) is 0 Å². The third kappa shape index (κ3) is 1.53. The van der Waals surface area contributed by atoms with Crippen LogP contribution in [0, 0.1) is 34.6 Å². The van der Waals surface area contributed by atoms with E-state index in [2.05, 4.69) is 43.3 Å². The van der Waals surface area contributed by atoms with Gasteiger partial charge in [-0.1, -0.05) is 37.7 Å². The monoisotopic (exact) mass is 287 g/mol. The fourth-order valence-electron chi connectivity index (χ4n) is 4.22. The maximum Gasteiger partial charge on any atom is 0.241 e. The third-order valence-corrected chi connectivity index (χ3v) is 5.86. The summed E-state index contributed by atoms with van der Waals surface area (Å²) in [6.45, 7) is 6.57. The number of carbonyl (C=O) groups excluding carboxylic acids is 2. The zero-order valence-corrected chi connectivity index (χ0v) is 13.5. The summed E-state index contributed by atoms with van der Waals surface area (Å²) in [5, 5.41) is 0. The van der Waals surface area contributed by atoms with Crippen LogP contribution in [0.4, 0.5) is 0 Å². The molecule has 0 N–H and O–H groups in total. The van der Waals surface area contributed by atoms with Gasteiger partial charge in [0.15, 0.2) is 0 Å². The molecule has 4 bridgehead atoms. The van der Waals surface area contributed by atoms with Crippen molar-refractivity contribution in [3.8, 4) is 11.5 Å². The van der Waals surface area contributed by atoms with Crippen LogP contribution in [-0.2, 0) is 9.59 Å². The summed E-state index contributed by atoms with van der Waals surface area (Å²) >= 11 is 0. The summed E-state index contributed by atoms with van der Waals surface area (Å²) in [6.07, 6.45) is 6.10. The molecule has 1 aliphatic heterocycles. The summed E-state index contributed by atoms with van der Waals surface area (Å²) < 4.78 is 0. The second-order valence-corrected chi connectivity index (χ2v) is 12.0. The minimum absolute atomic E-state index is 0.0173. The molecule has 0 aromatic heterocycles. The normalized spacial score (nSPS) is 41.6. The number of rotatable bonds is 1. The molecule has 106 valence electrons. The van der Waals surface area contributed by atoms with Crippen molar-refractivity contribution in [2.24, 2.45) is 23.2 Å². The Hall–Kier alpha value is -1.34.